The van der Waals surface area contributed by atoms with Gasteiger partial charge in [0, 0.05) is 5.02 Å². The summed E-state index contributed by atoms with van der Waals surface area (Å²) in [5, 5.41) is 3.24. The first-order chi connectivity index (χ1) is 13.3. The normalized spacial score (nSPS) is 11.6. The van der Waals surface area contributed by atoms with Crippen LogP contribution in [0.15, 0.2) is 64.0 Å². The molecule has 148 valence electrons. The highest BCUT2D eigenvalue weighted by Crippen LogP contribution is 2.17. The Kier molecular flexibility index (Phi) is 6.94. The van der Waals surface area contributed by atoms with E-state index in [4.69, 9.17) is 11.6 Å². The van der Waals surface area contributed by atoms with Crippen LogP contribution >= 0.6 is 11.6 Å². The molecular formula is C19H21ClN4O4. The highest BCUT2D eigenvalue weighted by molar-refractivity contribution is 6.30. The fourth-order valence-corrected chi connectivity index (χ4v) is 2.88. The second-order valence-corrected chi connectivity index (χ2v) is 6.51. The lowest BCUT2D eigenvalue weighted by Gasteiger charge is -2.16. The van der Waals surface area contributed by atoms with Gasteiger partial charge in [-0.25, -0.2) is 28.1 Å². The summed E-state index contributed by atoms with van der Waals surface area (Å²) in [6.45, 7) is 8.05. The molecular weight excluding hydrogens is 384 g/mol. The average molecular weight is 405 g/mol. The molecule has 0 saturated carbocycles. The standard InChI is InChI=1S/C19H21ClN4O4/c1-4-9-22-17(26)23(10-5-2)19(28)24(18(22)27)12-16(25)21-13(3)14-7-6-8-15(20)11-14/h4-8,11,13H,1-2,9-10,12H2,3H3,(H,21,25)/t13-/m1/s1. The van der Waals surface area contributed by atoms with Crippen molar-refractivity contribution in [3.05, 3.63) is 91.6 Å². The molecule has 0 saturated heterocycles. The van der Waals surface area contributed by atoms with Gasteiger partial charge >= 0.3 is 17.1 Å². The summed E-state index contributed by atoms with van der Waals surface area (Å²) >= 11 is 5.96. The summed E-state index contributed by atoms with van der Waals surface area (Å²) < 4.78 is 2.39. The van der Waals surface area contributed by atoms with Gasteiger partial charge in [0.25, 0.3) is 0 Å². The molecule has 0 spiro atoms. The van der Waals surface area contributed by atoms with Crippen molar-refractivity contribution in [2.24, 2.45) is 0 Å². The molecule has 0 bridgehead atoms. The van der Waals surface area contributed by atoms with Gasteiger partial charge in [-0.1, -0.05) is 35.9 Å². The van der Waals surface area contributed by atoms with Crippen LogP contribution in [0, 0.1) is 0 Å². The predicted octanol–water partition coefficient (Wildman–Crippen LogP) is 1.07. The Morgan fingerprint density at radius 1 is 1.07 bits per heavy atom. The van der Waals surface area contributed by atoms with Crippen molar-refractivity contribution in [1.29, 1.82) is 0 Å². The Bertz CT molecular complexity index is 1030. The van der Waals surface area contributed by atoms with Crippen molar-refractivity contribution in [2.75, 3.05) is 0 Å². The molecule has 0 aliphatic heterocycles. The van der Waals surface area contributed by atoms with E-state index < -0.39 is 35.6 Å². The van der Waals surface area contributed by atoms with E-state index in [2.05, 4.69) is 18.5 Å². The van der Waals surface area contributed by atoms with E-state index in [-0.39, 0.29) is 13.1 Å². The lowest BCUT2D eigenvalue weighted by atomic mass is 10.1. The Morgan fingerprint density at radius 2 is 1.61 bits per heavy atom. The number of allylic oxidation sites excluding steroid dienone is 2. The molecule has 0 unspecified atom stereocenters. The van der Waals surface area contributed by atoms with Crippen molar-refractivity contribution in [1.82, 2.24) is 19.0 Å². The molecule has 2 rings (SSSR count). The van der Waals surface area contributed by atoms with E-state index in [1.165, 1.54) is 12.2 Å². The third kappa shape index (κ3) is 4.58. The number of hydrogen-bond donors (Lipinski definition) is 1. The van der Waals surface area contributed by atoms with Gasteiger partial charge in [0.2, 0.25) is 5.91 Å². The van der Waals surface area contributed by atoms with Crippen LogP contribution in [-0.2, 0) is 24.4 Å². The number of nitrogens with one attached hydrogen (secondary N) is 1. The van der Waals surface area contributed by atoms with Gasteiger partial charge < -0.3 is 5.32 Å². The first-order valence-corrected chi connectivity index (χ1v) is 8.89. The Hall–Kier alpha value is -3.13. The molecule has 1 atom stereocenters. The van der Waals surface area contributed by atoms with E-state index in [9.17, 15) is 19.2 Å². The molecule has 1 N–H and O–H groups in total. The summed E-state index contributed by atoms with van der Waals surface area (Å²) in [5.74, 6) is -0.555. The zero-order chi connectivity index (χ0) is 20.8. The van der Waals surface area contributed by atoms with E-state index in [0.29, 0.717) is 9.59 Å². The van der Waals surface area contributed by atoms with Gasteiger partial charge in [0.15, 0.2) is 0 Å². The van der Waals surface area contributed by atoms with Crippen molar-refractivity contribution in [3.8, 4) is 0 Å². The number of benzene rings is 1. The smallest absolute Gasteiger partial charge is 0.337 e. The SMILES string of the molecule is C=CCn1c(=O)n(CC=C)c(=O)n(CC(=O)N[C@H](C)c2cccc(Cl)c2)c1=O. The topological polar surface area (TPSA) is 95.1 Å². The zero-order valence-electron chi connectivity index (χ0n) is 15.4. The molecule has 1 amide bonds. The minimum atomic E-state index is -0.874. The number of carbonyl (C=O) groups is 1. The lowest BCUT2D eigenvalue weighted by molar-refractivity contribution is -0.122. The summed E-state index contributed by atoms with van der Waals surface area (Å²) in [6, 6.07) is 6.58. The first kappa shape index (κ1) is 21.2. The molecule has 0 fully saturated rings. The van der Waals surface area contributed by atoms with Crippen LogP contribution in [0.3, 0.4) is 0 Å². The van der Waals surface area contributed by atoms with Gasteiger partial charge in [0.1, 0.15) is 6.54 Å². The summed E-state index contributed by atoms with van der Waals surface area (Å²) in [5.41, 5.74) is -1.76. The quantitative estimate of drug-likeness (QED) is 0.666. The largest absolute Gasteiger partial charge is 0.348 e. The van der Waals surface area contributed by atoms with Crippen molar-refractivity contribution in [3.63, 3.8) is 0 Å². The second-order valence-electron chi connectivity index (χ2n) is 6.08. The average Bonchev–Trinajstić information content (AvgIpc) is 2.66. The van der Waals surface area contributed by atoms with Crippen LogP contribution in [0.25, 0.3) is 0 Å². The number of rotatable bonds is 8. The van der Waals surface area contributed by atoms with E-state index >= 15 is 0 Å². The fraction of sp³-hybridized carbons (Fsp3) is 0.263. The summed E-state index contributed by atoms with van der Waals surface area (Å²) in [4.78, 5) is 49.8. The number of aromatic nitrogens is 3. The summed E-state index contributed by atoms with van der Waals surface area (Å²) in [6.07, 6.45) is 2.72. The first-order valence-electron chi connectivity index (χ1n) is 8.51. The monoisotopic (exact) mass is 404 g/mol. The molecule has 0 aliphatic rings. The number of hydrogen-bond acceptors (Lipinski definition) is 4. The predicted molar refractivity (Wildman–Crippen MR) is 108 cm³/mol. The third-order valence-corrected chi connectivity index (χ3v) is 4.27. The zero-order valence-corrected chi connectivity index (χ0v) is 16.2. The van der Waals surface area contributed by atoms with Crippen molar-refractivity contribution in [2.45, 2.75) is 32.6 Å². The fourth-order valence-electron chi connectivity index (χ4n) is 2.68. The lowest BCUT2D eigenvalue weighted by Crippen LogP contribution is -2.55. The maximum absolute atomic E-state index is 12.5. The maximum atomic E-state index is 12.5. The maximum Gasteiger partial charge on any atom is 0.337 e. The minimum Gasteiger partial charge on any atom is -0.348 e. The van der Waals surface area contributed by atoms with Gasteiger partial charge in [-0.3, -0.25) is 4.79 Å². The van der Waals surface area contributed by atoms with Crippen LogP contribution in [0.5, 0.6) is 0 Å². The van der Waals surface area contributed by atoms with Gasteiger partial charge in [-0.2, -0.15) is 0 Å². The van der Waals surface area contributed by atoms with Crippen molar-refractivity contribution < 1.29 is 4.79 Å². The molecule has 0 radical (unpaired) electrons. The van der Waals surface area contributed by atoms with E-state index in [1.807, 2.05) is 0 Å². The van der Waals surface area contributed by atoms with Crippen LogP contribution in [0.2, 0.25) is 5.02 Å². The van der Waals surface area contributed by atoms with E-state index in [0.717, 1.165) is 14.7 Å². The Balaban J connectivity index is 2.36. The van der Waals surface area contributed by atoms with E-state index in [1.54, 1.807) is 31.2 Å². The van der Waals surface area contributed by atoms with Gasteiger partial charge in [-0.15, -0.1) is 13.2 Å². The Labute approximate surface area is 166 Å². The van der Waals surface area contributed by atoms with Gasteiger partial charge in [0.05, 0.1) is 19.1 Å². The van der Waals surface area contributed by atoms with Crippen LogP contribution in [0.1, 0.15) is 18.5 Å². The van der Waals surface area contributed by atoms with Gasteiger partial charge in [-0.05, 0) is 24.6 Å². The molecule has 2 aromatic rings. The molecule has 28 heavy (non-hydrogen) atoms. The van der Waals surface area contributed by atoms with Crippen LogP contribution in [-0.4, -0.2) is 19.6 Å². The molecule has 1 heterocycles. The Morgan fingerprint density at radius 3 is 2.11 bits per heavy atom. The summed E-state index contributed by atoms with van der Waals surface area (Å²) in [7, 11) is 0. The molecule has 0 aliphatic carbocycles. The minimum absolute atomic E-state index is 0.0877. The van der Waals surface area contributed by atoms with Crippen molar-refractivity contribution >= 4 is 17.5 Å². The van der Waals surface area contributed by atoms with Crippen LogP contribution < -0.4 is 22.4 Å². The molecule has 8 nitrogen and oxygen atoms in total. The second kappa shape index (κ2) is 9.18. The third-order valence-electron chi connectivity index (χ3n) is 4.04. The highest BCUT2D eigenvalue weighted by atomic mass is 35.5. The van der Waals surface area contributed by atoms with Crippen LogP contribution in [0.4, 0.5) is 0 Å². The molecule has 1 aromatic heterocycles. The number of nitrogens with zero attached hydrogens (tertiary/aromatic N) is 3. The molecule has 9 heteroatoms. The highest BCUT2D eigenvalue weighted by Gasteiger charge is 2.18. The number of halogens is 1. The number of amides is 1. The number of carbonyl (C=O) groups excluding carboxylic acids is 1. The molecule has 1 aromatic carbocycles.